The first kappa shape index (κ1) is 7.94. The molecule has 3 heteroatoms. The molecule has 3 aliphatic heterocycles. The standard InChI is InChI=1S/C10H14O3/c1-4-8-5(2)10-7(12-8)3-6(11)9(4)13-10/h4-5,7-10H,3H2,1-2H3/t4-,5+,7-,8?,9+,10-/m1/s1. The first-order chi connectivity index (χ1) is 6.18. The van der Waals surface area contributed by atoms with Crippen molar-refractivity contribution >= 4 is 5.78 Å². The summed E-state index contributed by atoms with van der Waals surface area (Å²) in [7, 11) is 0. The summed E-state index contributed by atoms with van der Waals surface area (Å²) >= 11 is 0. The summed E-state index contributed by atoms with van der Waals surface area (Å²) in [6, 6.07) is 0. The molecular weight excluding hydrogens is 168 g/mol. The molecule has 3 heterocycles. The third-order valence-corrected chi connectivity index (χ3v) is 3.75. The van der Waals surface area contributed by atoms with E-state index in [1.54, 1.807) is 0 Å². The Kier molecular flexibility index (Phi) is 1.43. The van der Waals surface area contributed by atoms with Gasteiger partial charge in [0.25, 0.3) is 0 Å². The number of hydrogen-bond donors (Lipinski definition) is 0. The van der Waals surface area contributed by atoms with Gasteiger partial charge in [-0.1, -0.05) is 13.8 Å². The molecule has 0 N–H and O–H groups in total. The second kappa shape index (κ2) is 2.34. The SMILES string of the molecule is C[C@@H]1C2O[C@@H]3CC(=O)[C@H]1O[C@@H]3[C@H]2C. The zero-order valence-electron chi connectivity index (χ0n) is 7.90. The number of rotatable bonds is 0. The summed E-state index contributed by atoms with van der Waals surface area (Å²) in [5, 5.41) is 0. The molecule has 0 aromatic heterocycles. The molecule has 3 nitrogen and oxygen atoms in total. The topological polar surface area (TPSA) is 35.5 Å². The Morgan fingerprint density at radius 1 is 1.15 bits per heavy atom. The fourth-order valence-electron chi connectivity index (χ4n) is 3.06. The van der Waals surface area contributed by atoms with Gasteiger partial charge in [-0.25, -0.2) is 0 Å². The van der Waals surface area contributed by atoms with Crippen molar-refractivity contribution in [2.75, 3.05) is 0 Å². The second-order valence-electron chi connectivity index (χ2n) is 4.55. The number of fused-ring (bicyclic) bond motifs is 2. The van der Waals surface area contributed by atoms with Crippen LogP contribution in [-0.4, -0.2) is 30.2 Å². The summed E-state index contributed by atoms with van der Waals surface area (Å²) in [5.41, 5.74) is 0. The van der Waals surface area contributed by atoms with Gasteiger partial charge in [-0.2, -0.15) is 0 Å². The number of hydrogen-bond acceptors (Lipinski definition) is 3. The van der Waals surface area contributed by atoms with Crippen molar-refractivity contribution in [3.05, 3.63) is 0 Å². The van der Waals surface area contributed by atoms with Crippen LogP contribution in [-0.2, 0) is 14.3 Å². The highest BCUT2D eigenvalue weighted by Crippen LogP contribution is 2.46. The van der Waals surface area contributed by atoms with Crippen molar-refractivity contribution < 1.29 is 14.3 Å². The van der Waals surface area contributed by atoms with Crippen LogP contribution in [0, 0.1) is 11.8 Å². The average molecular weight is 182 g/mol. The predicted molar refractivity (Wildman–Crippen MR) is 45.3 cm³/mol. The molecule has 72 valence electrons. The minimum absolute atomic E-state index is 0.0497. The second-order valence-corrected chi connectivity index (χ2v) is 4.55. The van der Waals surface area contributed by atoms with Gasteiger partial charge in [0.15, 0.2) is 5.78 Å². The molecule has 0 radical (unpaired) electrons. The lowest BCUT2D eigenvalue weighted by Crippen LogP contribution is -2.52. The first-order valence-electron chi connectivity index (χ1n) is 5.02. The Balaban J connectivity index is 2.02. The first-order valence-corrected chi connectivity index (χ1v) is 5.02. The molecule has 0 aliphatic carbocycles. The number of carbonyl (C=O) groups excluding carboxylic acids is 1. The lowest BCUT2D eigenvalue weighted by molar-refractivity contribution is -0.158. The highest BCUT2D eigenvalue weighted by molar-refractivity contribution is 5.85. The van der Waals surface area contributed by atoms with Crippen LogP contribution in [0.4, 0.5) is 0 Å². The van der Waals surface area contributed by atoms with Gasteiger partial charge < -0.3 is 9.47 Å². The van der Waals surface area contributed by atoms with Crippen LogP contribution in [0.3, 0.4) is 0 Å². The highest BCUT2D eigenvalue weighted by Gasteiger charge is 2.57. The van der Waals surface area contributed by atoms with Gasteiger partial charge >= 0.3 is 0 Å². The molecule has 3 aliphatic rings. The molecule has 1 unspecified atom stereocenters. The summed E-state index contributed by atoms with van der Waals surface area (Å²) in [6.45, 7) is 4.23. The quantitative estimate of drug-likeness (QED) is 0.555. The van der Waals surface area contributed by atoms with E-state index in [1.165, 1.54) is 0 Å². The van der Waals surface area contributed by atoms with E-state index in [4.69, 9.17) is 9.47 Å². The number of ketones is 1. The predicted octanol–water partition coefficient (Wildman–Crippen LogP) is 0.766. The van der Waals surface area contributed by atoms with E-state index in [1.807, 2.05) is 0 Å². The van der Waals surface area contributed by atoms with Crippen LogP contribution in [0.5, 0.6) is 0 Å². The molecule has 0 spiro atoms. The van der Waals surface area contributed by atoms with Crippen LogP contribution >= 0.6 is 0 Å². The third-order valence-electron chi connectivity index (χ3n) is 3.75. The molecule has 0 amide bonds. The number of ether oxygens (including phenoxy) is 2. The minimum atomic E-state index is -0.176. The Hall–Kier alpha value is -0.410. The molecule has 0 saturated carbocycles. The van der Waals surface area contributed by atoms with E-state index in [2.05, 4.69) is 13.8 Å². The number of Topliss-reactive ketones (excluding diaryl/α,β-unsaturated/α-hetero) is 1. The lowest BCUT2D eigenvalue weighted by Gasteiger charge is -2.39. The van der Waals surface area contributed by atoms with Gasteiger partial charge in [0, 0.05) is 18.3 Å². The van der Waals surface area contributed by atoms with Crippen molar-refractivity contribution in [1.82, 2.24) is 0 Å². The van der Waals surface area contributed by atoms with Gasteiger partial charge in [-0.3, -0.25) is 4.79 Å². The Labute approximate surface area is 77.4 Å². The van der Waals surface area contributed by atoms with Crippen molar-refractivity contribution in [1.29, 1.82) is 0 Å². The van der Waals surface area contributed by atoms with Crippen LogP contribution in [0.15, 0.2) is 0 Å². The van der Waals surface area contributed by atoms with Crippen LogP contribution in [0.2, 0.25) is 0 Å². The zero-order valence-corrected chi connectivity index (χ0v) is 7.90. The summed E-state index contributed by atoms with van der Waals surface area (Å²) in [6.07, 6.45) is 0.878. The van der Waals surface area contributed by atoms with Crippen LogP contribution in [0.1, 0.15) is 20.3 Å². The van der Waals surface area contributed by atoms with Gasteiger partial charge in [0.1, 0.15) is 6.10 Å². The maximum absolute atomic E-state index is 11.6. The highest BCUT2D eigenvalue weighted by atomic mass is 16.6. The fraction of sp³-hybridized carbons (Fsp3) is 0.900. The van der Waals surface area contributed by atoms with E-state index in [0.29, 0.717) is 12.3 Å². The molecule has 3 saturated heterocycles. The minimum Gasteiger partial charge on any atom is -0.371 e. The van der Waals surface area contributed by atoms with Crippen molar-refractivity contribution in [2.24, 2.45) is 11.8 Å². The Morgan fingerprint density at radius 3 is 2.69 bits per heavy atom. The van der Waals surface area contributed by atoms with Gasteiger partial charge in [0.2, 0.25) is 0 Å². The molecular formula is C10H14O3. The smallest absolute Gasteiger partial charge is 0.164 e. The Morgan fingerprint density at radius 2 is 1.92 bits per heavy atom. The lowest BCUT2D eigenvalue weighted by atomic mass is 9.78. The number of carbonyl (C=O) groups is 1. The zero-order chi connectivity index (χ0) is 9.16. The Bertz CT molecular complexity index is 263. The summed E-state index contributed by atoms with van der Waals surface area (Å²) in [4.78, 5) is 11.6. The molecule has 0 aromatic carbocycles. The van der Waals surface area contributed by atoms with Crippen molar-refractivity contribution in [3.8, 4) is 0 Å². The van der Waals surface area contributed by atoms with E-state index in [0.717, 1.165) is 0 Å². The molecule has 6 atom stereocenters. The molecule has 13 heavy (non-hydrogen) atoms. The monoisotopic (exact) mass is 182 g/mol. The summed E-state index contributed by atoms with van der Waals surface area (Å²) in [5.74, 6) is 0.943. The van der Waals surface area contributed by atoms with Gasteiger partial charge in [-0.15, -0.1) is 0 Å². The van der Waals surface area contributed by atoms with Crippen molar-refractivity contribution in [2.45, 2.75) is 44.7 Å². The van der Waals surface area contributed by atoms with Gasteiger partial charge in [0.05, 0.1) is 18.3 Å². The summed E-state index contributed by atoms with van der Waals surface area (Å²) < 4.78 is 11.6. The maximum Gasteiger partial charge on any atom is 0.164 e. The van der Waals surface area contributed by atoms with E-state index >= 15 is 0 Å². The van der Waals surface area contributed by atoms with Crippen LogP contribution in [0.25, 0.3) is 0 Å². The van der Waals surface area contributed by atoms with E-state index in [-0.39, 0.29) is 36.1 Å². The molecule has 3 bridgehead atoms. The van der Waals surface area contributed by atoms with Crippen LogP contribution < -0.4 is 0 Å². The van der Waals surface area contributed by atoms with E-state index < -0.39 is 0 Å². The largest absolute Gasteiger partial charge is 0.371 e. The van der Waals surface area contributed by atoms with Crippen molar-refractivity contribution in [3.63, 3.8) is 0 Å². The molecule has 3 rings (SSSR count). The average Bonchev–Trinajstić information content (AvgIpc) is 2.25. The normalized spacial score (nSPS) is 58.8. The fourth-order valence-corrected chi connectivity index (χ4v) is 3.06. The maximum atomic E-state index is 11.6. The molecule has 0 aromatic rings. The third kappa shape index (κ3) is 0.842. The van der Waals surface area contributed by atoms with E-state index in [9.17, 15) is 4.79 Å². The molecule has 3 fully saturated rings. The van der Waals surface area contributed by atoms with Gasteiger partial charge in [-0.05, 0) is 0 Å².